The number of pyridine rings is 1. The van der Waals surface area contributed by atoms with E-state index in [0.29, 0.717) is 12.0 Å². The predicted octanol–water partition coefficient (Wildman–Crippen LogP) is 2.42. The fourth-order valence-corrected chi connectivity index (χ4v) is 3.84. The molecule has 0 radical (unpaired) electrons. The van der Waals surface area contributed by atoms with Crippen LogP contribution < -0.4 is 5.43 Å². The molecule has 0 bridgehead atoms. The lowest BCUT2D eigenvalue weighted by Crippen LogP contribution is -2.34. The predicted molar refractivity (Wildman–Crippen MR) is 82.0 cm³/mol. The number of amides is 1. The van der Waals surface area contributed by atoms with Gasteiger partial charge in [-0.25, -0.2) is 0 Å². The standard InChI is InChI=1S/C17H24N2O2/c20-15-5-10-18(11-6-15)13-16(21)19-12-9-17(14-19)7-3-1-2-4-8-17/h5-6,10-11H,1-4,7-9,12-14H2. The number of likely N-dealkylation sites (tertiary alicyclic amines) is 1. The highest BCUT2D eigenvalue weighted by molar-refractivity contribution is 5.76. The number of nitrogens with zero attached hydrogens (tertiary/aromatic N) is 2. The van der Waals surface area contributed by atoms with Crippen molar-refractivity contribution >= 4 is 5.91 Å². The Morgan fingerprint density at radius 2 is 1.71 bits per heavy atom. The molecule has 0 aromatic carbocycles. The molecular formula is C17H24N2O2. The van der Waals surface area contributed by atoms with Crippen molar-refractivity contribution in [1.82, 2.24) is 9.47 Å². The van der Waals surface area contributed by atoms with Gasteiger partial charge in [-0.1, -0.05) is 25.7 Å². The summed E-state index contributed by atoms with van der Waals surface area (Å²) in [6.45, 7) is 2.18. The van der Waals surface area contributed by atoms with Gasteiger partial charge in [0.05, 0.1) is 0 Å². The lowest BCUT2D eigenvalue weighted by Gasteiger charge is -2.27. The molecule has 4 heteroatoms. The van der Waals surface area contributed by atoms with Gasteiger partial charge < -0.3 is 9.47 Å². The fourth-order valence-electron chi connectivity index (χ4n) is 3.84. The van der Waals surface area contributed by atoms with Crippen LogP contribution >= 0.6 is 0 Å². The van der Waals surface area contributed by atoms with Crippen LogP contribution in [0.25, 0.3) is 0 Å². The largest absolute Gasteiger partial charge is 0.345 e. The number of hydrogen-bond donors (Lipinski definition) is 0. The summed E-state index contributed by atoms with van der Waals surface area (Å²) in [6.07, 6.45) is 12.5. The molecule has 2 fully saturated rings. The van der Waals surface area contributed by atoms with Crippen molar-refractivity contribution in [3.05, 3.63) is 34.7 Å². The van der Waals surface area contributed by atoms with Crippen LogP contribution in [0.2, 0.25) is 0 Å². The maximum Gasteiger partial charge on any atom is 0.242 e. The second kappa shape index (κ2) is 6.04. The molecule has 114 valence electrons. The molecule has 1 aliphatic carbocycles. The third-order valence-electron chi connectivity index (χ3n) is 5.13. The summed E-state index contributed by atoms with van der Waals surface area (Å²) in [5, 5.41) is 0. The van der Waals surface area contributed by atoms with Gasteiger partial charge in [-0.2, -0.15) is 0 Å². The van der Waals surface area contributed by atoms with Crippen LogP contribution in [0.5, 0.6) is 0 Å². The van der Waals surface area contributed by atoms with Crippen molar-refractivity contribution in [3.8, 4) is 0 Å². The Kier molecular flexibility index (Phi) is 4.13. The Balaban J connectivity index is 1.61. The maximum absolute atomic E-state index is 12.4. The number of rotatable bonds is 2. The van der Waals surface area contributed by atoms with Crippen LogP contribution in [0, 0.1) is 5.41 Å². The van der Waals surface area contributed by atoms with Crippen LogP contribution in [0.15, 0.2) is 29.3 Å². The minimum Gasteiger partial charge on any atom is -0.345 e. The van der Waals surface area contributed by atoms with E-state index in [1.807, 2.05) is 4.90 Å². The first-order valence-corrected chi connectivity index (χ1v) is 8.11. The molecule has 1 spiro atoms. The van der Waals surface area contributed by atoms with E-state index in [4.69, 9.17) is 0 Å². The van der Waals surface area contributed by atoms with Gasteiger partial charge in [0.2, 0.25) is 5.91 Å². The first kappa shape index (κ1) is 14.4. The van der Waals surface area contributed by atoms with Gasteiger partial charge in [0.25, 0.3) is 0 Å². The van der Waals surface area contributed by atoms with Gasteiger partial charge in [0.1, 0.15) is 6.54 Å². The van der Waals surface area contributed by atoms with Crippen molar-refractivity contribution < 1.29 is 4.79 Å². The van der Waals surface area contributed by atoms with Gasteiger partial charge in [0.15, 0.2) is 5.43 Å². The molecular weight excluding hydrogens is 264 g/mol. The Hall–Kier alpha value is -1.58. The lowest BCUT2D eigenvalue weighted by molar-refractivity contribution is -0.131. The Labute approximate surface area is 125 Å². The van der Waals surface area contributed by atoms with E-state index in [0.717, 1.165) is 13.1 Å². The molecule has 1 saturated heterocycles. The lowest BCUT2D eigenvalue weighted by atomic mass is 9.80. The Bertz CT molecular complexity index is 536. The molecule has 0 unspecified atom stereocenters. The van der Waals surface area contributed by atoms with E-state index in [-0.39, 0.29) is 11.3 Å². The molecule has 0 atom stereocenters. The number of carbonyl (C=O) groups is 1. The van der Waals surface area contributed by atoms with E-state index < -0.39 is 0 Å². The Morgan fingerprint density at radius 3 is 2.38 bits per heavy atom. The van der Waals surface area contributed by atoms with E-state index in [1.165, 1.54) is 57.1 Å². The molecule has 1 saturated carbocycles. The molecule has 2 heterocycles. The quantitative estimate of drug-likeness (QED) is 0.838. The van der Waals surface area contributed by atoms with Crippen LogP contribution in [-0.2, 0) is 11.3 Å². The van der Waals surface area contributed by atoms with Crippen LogP contribution in [0.3, 0.4) is 0 Å². The highest BCUT2D eigenvalue weighted by atomic mass is 16.2. The SMILES string of the molecule is O=C(Cn1ccc(=O)cc1)N1CCC2(CCCCCC2)C1. The van der Waals surface area contributed by atoms with Crippen molar-refractivity contribution in [2.75, 3.05) is 13.1 Å². The van der Waals surface area contributed by atoms with Crippen LogP contribution in [0.4, 0.5) is 0 Å². The fraction of sp³-hybridized carbons (Fsp3) is 0.647. The highest BCUT2D eigenvalue weighted by Gasteiger charge is 2.39. The average Bonchev–Trinajstić information content (AvgIpc) is 2.75. The maximum atomic E-state index is 12.4. The van der Waals surface area contributed by atoms with Crippen LogP contribution in [-0.4, -0.2) is 28.5 Å². The summed E-state index contributed by atoms with van der Waals surface area (Å²) in [7, 11) is 0. The molecule has 21 heavy (non-hydrogen) atoms. The zero-order chi connectivity index (χ0) is 14.7. The molecule has 1 amide bonds. The molecule has 2 aliphatic rings. The average molecular weight is 288 g/mol. The topological polar surface area (TPSA) is 42.3 Å². The van der Waals surface area contributed by atoms with E-state index in [1.54, 1.807) is 17.0 Å². The second-order valence-corrected chi connectivity index (χ2v) is 6.69. The van der Waals surface area contributed by atoms with Crippen molar-refractivity contribution in [2.24, 2.45) is 5.41 Å². The summed E-state index contributed by atoms with van der Waals surface area (Å²) in [6, 6.07) is 3.01. The summed E-state index contributed by atoms with van der Waals surface area (Å²) < 4.78 is 1.79. The van der Waals surface area contributed by atoms with E-state index in [2.05, 4.69) is 0 Å². The van der Waals surface area contributed by atoms with Crippen molar-refractivity contribution in [1.29, 1.82) is 0 Å². The number of aromatic nitrogens is 1. The normalized spacial score (nSPS) is 21.4. The smallest absolute Gasteiger partial charge is 0.242 e. The summed E-state index contributed by atoms with van der Waals surface area (Å²) in [5.74, 6) is 0.180. The van der Waals surface area contributed by atoms with Gasteiger partial charge in [0, 0.05) is 37.6 Å². The van der Waals surface area contributed by atoms with Gasteiger partial charge in [-0.05, 0) is 24.7 Å². The minimum absolute atomic E-state index is 0.0164. The van der Waals surface area contributed by atoms with E-state index in [9.17, 15) is 9.59 Å². The monoisotopic (exact) mass is 288 g/mol. The van der Waals surface area contributed by atoms with Gasteiger partial charge >= 0.3 is 0 Å². The molecule has 3 rings (SSSR count). The molecule has 1 aromatic rings. The first-order chi connectivity index (χ1) is 10.2. The third-order valence-corrected chi connectivity index (χ3v) is 5.13. The number of carbonyl (C=O) groups excluding carboxylic acids is 1. The first-order valence-electron chi connectivity index (χ1n) is 8.11. The molecule has 1 aliphatic heterocycles. The van der Waals surface area contributed by atoms with Crippen molar-refractivity contribution in [2.45, 2.75) is 51.5 Å². The Morgan fingerprint density at radius 1 is 1.05 bits per heavy atom. The van der Waals surface area contributed by atoms with Crippen LogP contribution in [0.1, 0.15) is 44.9 Å². The van der Waals surface area contributed by atoms with E-state index >= 15 is 0 Å². The minimum atomic E-state index is -0.0164. The summed E-state index contributed by atoms with van der Waals surface area (Å²) >= 11 is 0. The second-order valence-electron chi connectivity index (χ2n) is 6.69. The molecule has 4 nitrogen and oxygen atoms in total. The zero-order valence-electron chi connectivity index (χ0n) is 12.6. The van der Waals surface area contributed by atoms with Gasteiger partial charge in [-0.3, -0.25) is 9.59 Å². The summed E-state index contributed by atoms with van der Waals surface area (Å²) in [4.78, 5) is 25.6. The number of hydrogen-bond acceptors (Lipinski definition) is 2. The molecule has 0 N–H and O–H groups in total. The van der Waals surface area contributed by atoms with Gasteiger partial charge in [-0.15, -0.1) is 0 Å². The third kappa shape index (κ3) is 3.36. The summed E-state index contributed by atoms with van der Waals surface area (Å²) in [5.41, 5.74) is 0.382. The molecule has 1 aromatic heterocycles. The highest BCUT2D eigenvalue weighted by Crippen LogP contribution is 2.42. The zero-order valence-corrected chi connectivity index (χ0v) is 12.6. The van der Waals surface area contributed by atoms with Crippen molar-refractivity contribution in [3.63, 3.8) is 0 Å².